The molecule has 0 unspecified atom stereocenters. The molecule has 0 fully saturated rings. The van der Waals surface area contributed by atoms with Crippen molar-refractivity contribution < 1.29 is 9.13 Å². The molecular formula is C13H17BrFNO. The molecule has 0 spiro atoms. The highest BCUT2D eigenvalue weighted by Crippen LogP contribution is 2.16. The van der Waals surface area contributed by atoms with E-state index in [1.807, 2.05) is 13.0 Å². The maximum Gasteiger partial charge on any atom is 0.137 e. The quantitative estimate of drug-likeness (QED) is 0.616. The lowest BCUT2D eigenvalue weighted by molar-refractivity contribution is 0.158. The summed E-state index contributed by atoms with van der Waals surface area (Å²) >= 11 is 3.12. The van der Waals surface area contributed by atoms with E-state index >= 15 is 0 Å². The van der Waals surface area contributed by atoms with Gasteiger partial charge in [0, 0.05) is 13.1 Å². The standard InChI is InChI=1S/C13H17BrFNO/c1-10(2)9-17-6-5-16-8-11-3-4-12(14)13(15)7-11/h3-4,7,16H,1,5-6,8-9H2,2H3. The Balaban J connectivity index is 2.18. The fourth-order valence-electron chi connectivity index (χ4n) is 1.27. The average Bonchev–Trinajstić information content (AvgIpc) is 2.27. The summed E-state index contributed by atoms with van der Waals surface area (Å²) < 4.78 is 19.0. The van der Waals surface area contributed by atoms with E-state index in [1.54, 1.807) is 6.07 Å². The van der Waals surface area contributed by atoms with E-state index < -0.39 is 0 Å². The maximum atomic E-state index is 13.2. The molecule has 4 heteroatoms. The summed E-state index contributed by atoms with van der Waals surface area (Å²) in [6.07, 6.45) is 0. The van der Waals surface area contributed by atoms with Gasteiger partial charge < -0.3 is 10.1 Å². The minimum Gasteiger partial charge on any atom is -0.376 e. The predicted octanol–water partition coefficient (Wildman–Crippen LogP) is 3.27. The summed E-state index contributed by atoms with van der Waals surface area (Å²) in [6, 6.07) is 5.12. The van der Waals surface area contributed by atoms with E-state index in [4.69, 9.17) is 4.74 Å². The molecule has 0 aromatic heterocycles. The van der Waals surface area contributed by atoms with Gasteiger partial charge >= 0.3 is 0 Å². The van der Waals surface area contributed by atoms with Crippen molar-refractivity contribution in [1.82, 2.24) is 5.32 Å². The summed E-state index contributed by atoms with van der Waals surface area (Å²) in [5.41, 5.74) is 1.94. The van der Waals surface area contributed by atoms with Crippen LogP contribution in [0.4, 0.5) is 4.39 Å². The second-order valence-corrected chi connectivity index (χ2v) is 4.79. The molecule has 0 atom stereocenters. The molecule has 0 aliphatic carbocycles. The van der Waals surface area contributed by atoms with Crippen LogP contribution in [0, 0.1) is 5.82 Å². The van der Waals surface area contributed by atoms with E-state index in [0.29, 0.717) is 24.2 Å². The Kier molecular flexibility index (Phi) is 6.40. The molecule has 0 heterocycles. The van der Waals surface area contributed by atoms with E-state index in [-0.39, 0.29) is 5.82 Å². The van der Waals surface area contributed by atoms with E-state index in [1.165, 1.54) is 6.07 Å². The molecule has 0 radical (unpaired) electrons. The van der Waals surface area contributed by atoms with Gasteiger partial charge in [-0.2, -0.15) is 0 Å². The Morgan fingerprint density at radius 3 is 2.94 bits per heavy atom. The Morgan fingerprint density at radius 2 is 2.29 bits per heavy atom. The van der Waals surface area contributed by atoms with Crippen LogP contribution in [0.3, 0.4) is 0 Å². The maximum absolute atomic E-state index is 13.2. The highest BCUT2D eigenvalue weighted by atomic mass is 79.9. The van der Waals surface area contributed by atoms with Gasteiger partial charge in [-0.25, -0.2) is 4.39 Å². The molecular weight excluding hydrogens is 285 g/mol. The summed E-state index contributed by atoms with van der Waals surface area (Å²) in [4.78, 5) is 0. The lowest BCUT2D eigenvalue weighted by atomic mass is 10.2. The first-order valence-corrected chi connectivity index (χ1v) is 6.25. The number of hydrogen-bond acceptors (Lipinski definition) is 2. The third-order valence-corrected chi connectivity index (χ3v) is 2.73. The average molecular weight is 302 g/mol. The first-order chi connectivity index (χ1) is 8.09. The molecule has 17 heavy (non-hydrogen) atoms. The van der Waals surface area contributed by atoms with E-state index in [0.717, 1.165) is 17.7 Å². The van der Waals surface area contributed by atoms with Gasteiger partial charge in [-0.15, -0.1) is 0 Å². The molecule has 1 aromatic carbocycles. The number of hydrogen-bond donors (Lipinski definition) is 1. The van der Waals surface area contributed by atoms with Crippen LogP contribution in [0.15, 0.2) is 34.8 Å². The number of nitrogens with one attached hydrogen (secondary N) is 1. The van der Waals surface area contributed by atoms with Crippen molar-refractivity contribution in [2.75, 3.05) is 19.8 Å². The zero-order valence-corrected chi connectivity index (χ0v) is 11.5. The molecule has 0 bridgehead atoms. The minimum absolute atomic E-state index is 0.233. The Bertz CT molecular complexity index is 382. The number of ether oxygens (including phenoxy) is 1. The van der Waals surface area contributed by atoms with Gasteiger partial charge in [-0.3, -0.25) is 0 Å². The molecule has 0 aliphatic heterocycles. The Hall–Kier alpha value is -0.710. The lowest BCUT2D eigenvalue weighted by Gasteiger charge is -2.06. The smallest absolute Gasteiger partial charge is 0.137 e. The number of benzene rings is 1. The lowest BCUT2D eigenvalue weighted by Crippen LogP contribution is -2.19. The van der Waals surface area contributed by atoms with Crippen LogP contribution in [0.2, 0.25) is 0 Å². The second-order valence-electron chi connectivity index (χ2n) is 3.93. The topological polar surface area (TPSA) is 21.3 Å². The van der Waals surface area contributed by atoms with Crippen LogP contribution in [0.5, 0.6) is 0 Å². The normalized spacial score (nSPS) is 10.5. The summed E-state index contributed by atoms with van der Waals surface area (Å²) in [5.74, 6) is -0.233. The van der Waals surface area contributed by atoms with Gasteiger partial charge in [0.1, 0.15) is 5.82 Å². The van der Waals surface area contributed by atoms with Crippen LogP contribution in [0.25, 0.3) is 0 Å². The Morgan fingerprint density at radius 1 is 1.53 bits per heavy atom. The zero-order valence-electron chi connectivity index (χ0n) is 9.93. The van der Waals surface area contributed by atoms with Gasteiger partial charge in [0.2, 0.25) is 0 Å². The third kappa shape index (κ3) is 5.96. The highest BCUT2D eigenvalue weighted by molar-refractivity contribution is 9.10. The molecule has 0 aliphatic rings. The van der Waals surface area contributed by atoms with Crippen LogP contribution in [0.1, 0.15) is 12.5 Å². The molecule has 0 saturated heterocycles. The van der Waals surface area contributed by atoms with Gasteiger partial charge in [0.05, 0.1) is 17.7 Å². The van der Waals surface area contributed by atoms with Crippen LogP contribution >= 0.6 is 15.9 Å². The van der Waals surface area contributed by atoms with Crippen molar-refractivity contribution in [2.45, 2.75) is 13.5 Å². The van der Waals surface area contributed by atoms with Gasteiger partial charge in [0.25, 0.3) is 0 Å². The van der Waals surface area contributed by atoms with Crippen molar-refractivity contribution in [1.29, 1.82) is 0 Å². The molecule has 0 saturated carbocycles. The van der Waals surface area contributed by atoms with Crippen molar-refractivity contribution >= 4 is 15.9 Å². The fraction of sp³-hybridized carbons (Fsp3) is 0.385. The van der Waals surface area contributed by atoms with Crippen LogP contribution in [-0.2, 0) is 11.3 Å². The first-order valence-electron chi connectivity index (χ1n) is 5.46. The second kappa shape index (κ2) is 7.58. The molecule has 1 aromatic rings. The Labute approximate surface area is 110 Å². The largest absolute Gasteiger partial charge is 0.376 e. The van der Waals surface area contributed by atoms with Gasteiger partial charge in [-0.1, -0.05) is 18.2 Å². The predicted molar refractivity (Wildman–Crippen MR) is 71.4 cm³/mol. The molecule has 2 nitrogen and oxygen atoms in total. The van der Waals surface area contributed by atoms with Crippen molar-refractivity contribution in [3.8, 4) is 0 Å². The molecule has 94 valence electrons. The fourth-order valence-corrected chi connectivity index (χ4v) is 1.52. The number of rotatable bonds is 7. The van der Waals surface area contributed by atoms with Gasteiger partial charge in [-0.05, 0) is 40.5 Å². The van der Waals surface area contributed by atoms with Crippen molar-refractivity contribution in [3.05, 3.63) is 46.2 Å². The minimum atomic E-state index is -0.233. The summed E-state index contributed by atoms with van der Waals surface area (Å²) in [7, 11) is 0. The van der Waals surface area contributed by atoms with Crippen LogP contribution < -0.4 is 5.32 Å². The monoisotopic (exact) mass is 301 g/mol. The van der Waals surface area contributed by atoms with E-state index in [9.17, 15) is 4.39 Å². The number of halogens is 2. The van der Waals surface area contributed by atoms with Crippen LogP contribution in [-0.4, -0.2) is 19.8 Å². The third-order valence-electron chi connectivity index (χ3n) is 2.08. The molecule has 0 amide bonds. The van der Waals surface area contributed by atoms with E-state index in [2.05, 4.69) is 27.8 Å². The van der Waals surface area contributed by atoms with Crippen molar-refractivity contribution in [2.24, 2.45) is 0 Å². The highest BCUT2D eigenvalue weighted by Gasteiger charge is 2.00. The molecule has 1 rings (SSSR count). The zero-order chi connectivity index (χ0) is 12.7. The molecule has 1 N–H and O–H groups in total. The SMILES string of the molecule is C=C(C)COCCNCc1ccc(Br)c(F)c1. The summed E-state index contributed by atoms with van der Waals surface area (Å²) in [6.45, 7) is 8.28. The summed E-state index contributed by atoms with van der Waals surface area (Å²) in [5, 5.41) is 3.19. The first kappa shape index (κ1) is 14.4. The van der Waals surface area contributed by atoms with Gasteiger partial charge in [0.15, 0.2) is 0 Å². The van der Waals surface area contributed by atoms with Crippen molar-refractivity contribution in [3.63, 3.8) is 0 Å².